The first-order chi connectivity index (χ1) is 29.8. The van der Waals surface area contributed by atoms with Crippen molar-refractivity contribution in [2.24, 2.45) is 0 Å². The summed E-state index contributed by atoms with van der Waals surface area (Å²) < 4.78 is 13.2. The fourth-order valence-electron chi connectivity index (χ4n) is 10.5. The van der Waals surface area contributed by atoms with Crippen LogP contribution in [0.3, 0.4) is 0 Å². The number of nitrogens with zero attached hydrogens (tertiary/aromatic N) is 1. The third-order valence-corrected chi connectivity index (χ3v) is 12.9. The van der Waals surface area contributed by atoms with Crippen molar-refractivity contribution in [1.82, 2.24) is 0 Å². The lowest BCUT2D eigenvalue weighted by Gasteiger charge is -2.39. The van der Waals surface area contributed by atoms with Crippen molar-refractivity contribution in [3.63, 3.8) is 0 Å². The Labute approximate surface area is 347 Å². The molecule has 10 aromatic carbocycles. The Bertz CT molecular complexity index is 3490. The molecule has 1 aromatic heterocycles. The highest BCUT2D eigenvalue weighted by Gasteiger charge is 2.51. The smallest absolute Gasteiger partial charge is 0.143 e. The lowest BCUT2D eigenvalue weighted by atomic mass is 9.66. The summed E-state index contributed by atoms with van der Waals surface area (Å²) >= 11 is 0. The van der Waals surface area contributed by atoms with E-state index >= 15 is 0 Å². The van der Waals surface area contributed by atoms with Crippen LogP contribution in [-0.2, 0) is 5.41 Å². The van der Waals surface area contributed by atoms with E-state index in [1.54, 1.807) is 0 Å². The van der Waals surface area contributed by atoms with Crippen molar-refractivity contribution in [1.29, 1.82) is 0 Å². The maximum atomic E-state index is 6.60. The molecule has 0 atom stereocenters. The largest absolute Gasteiger partial charge is 0.457 e. The summed E-state index contributed by atoms with van der Waals surface area (Å²) in [5.41, 5.74) is 14.4. The van der Waals surface area contributed by atoms with Gasteiger partial charge < -0.3 is 14.1 Å². The Kier molecular flexibility index (Phi) is 6.93. The van der Waals surface area contributed by atoms with Crippen LogP contribution in [0.1, 0.15) is 22.3 Å². The molecule has 280 valence electrons. The zero-order valence-corrected chi connectivity index (χ0v) is 32.5. The summed E-state index contributed by atoms with van der Waals surface area (Å²) in [5, 5.41) is 6.86. The van der Waals surface area contributed by atoms with Crippen LogP contribution >= 0.6 is 0 Å². The second-order valence-electron chi connectivity index (χ2n) is 15.9. The minimum Gasteiger partial charge on any atom is -0.457 e. The number of benzene rings is 10. The predicted molar refractivity (Wildman–Crippen MR) is 246 cm³/mol. The van der Waals surface area contributed by atoms with Crippen molar-refractivity contribution in [3.8, 4) is 33.8 Å². The summed E-state index contributed by atoms with van der Waals surface area (Å²) in [6.45, 7) is 0. The van der Waals surface area contributed by atoms with Crippen LogP contribution in [0.2, 0.25) is 0 Å². The highest BCUT2D eigenvalue weighted by atomic mass is 16.5. The number of furan rings is 1. The van der Waals surface area contributed by atoms with Crippen LogP contribution in [-0.4, -0.2) is 0 Å². The number of hydrogen-bond acceptors (Lipinski definition) is 3. The Morgan fingerprint density at radius 1 is 0.367 bits per heavy atom. The van der Waals surface area contributed by atoms with Crippen LogP contribution in [0.25, 0.3) is 65.7 Å². The molecule has 0 radical (unpaired) electrons. The molecule has 3 nitrogen and oxygen atoms in total. The molecule has 1 aliphatic heterocycles. The van der Waals surface area contributed by atoms with Gasteiger partial charge in [-0.2, -0.15) is 0 Å². The van der Waals surface area contributed by atoms with E-state index in [1.807, 2.05) is 6.07 Å². The second-order valence-corrected chi connectivity index (χ2v) is 15.9. The quantitative estimate of drug-likeness (QED) is 0.178. The molecule has 1 spiro atoms. The van der Waals surface area contributed by atoms with Gasteiger partial charge in [-0.15, -0.1) is 0 Å². The van der Waals surface area contributed by atoms with Gasteiger partial charge in [0.1, 0.15) is 22.7 Å². The molecule has 0 N–H and O–H groups in total. The van der Waals surface area contributed by atoms with E-state index < -0.39 is 5.41 Å². The number of para-hydroxylation sites is 3. The fraction of sp³-hybridized carbons (Fsp3) is 0.0175. The van der Waals surface area contributed by atoms with E-state index in [4.69, 9.17) is 9.15 Å². The molecule has 11 aromatic rings. The van der Waals surface area contributed by atoms with Crippen LogP contribution < -0.4 is 9.64 Å². The van der Waals surface area contributed by atoms with Gasteiger partial charge in [-0.3, -0.25) is 0 Å². The molecular formula is C57H35NO2. The molecule has 2 aliphatic rings. The fourth-order valence-corrected chi connectivity index (χ4v) is 10.5. The third kappa shape index (κ3) is 4.49. The highest BCUT2D eigenvalue weighted by Crippen LogP contribution is 2.63. The summed E-state index contributed by atoms with van der Waals surface area (Å²) in [6, 6.07) is 76.7. The standard InChI is InChI=1S/C57H35NO2/c1-2-16-39-36(14-1)15-11-25-50(39)58(51-26-13-20-43-41(51)34-35-44-42-17-4-8-27-52(42)60-56(43)44)38-32-30-37(31-33-38)40-19-12-24-49-55(40)45-18-3-5-21-46(45)57(49)47-22-6-9-28-53(47)59-54-29-10-7-23-48(54)57/h1-35H. The summed E-state index contributed by atoms with van der Waals surface area (Å²) in [7, 11) is 0. The van der Waals surface area contributed by atoms with Crippen molar-refractivity contribution < 1.29 is 9.15 Å². The number of anilines is 3. The zero-order chi connectivity index (χ0) is 39.4. The Morgan fingerprint density at radius 3 is 1.73 bits per heavy atom. The average Bonchev–Trinajstić information content (AvgIpc) is 3.84. The Morgan fingerprint density at radius 2 is 0.917 bits per heavy atom. The first-order valence-electron chi connectivity index (χ1n) is 20.6. The Hall–Kier alpha value is -7.88. The first-order valence-corrected chi connectivity index (χ1v) is 20.6. The molecule has 60 heavy (non-hydrogen) atoms. The van der Waals surface area contributed by atoms with Crippen molar-refractivity contribution in [3.05, 3.63) is 235 Å². The molecule has 0 saturated carbocycles. The predicted octanol–water partition coefficient (Wildman–Crippen LogP) is 15.5. The Balaban J connectivity index is 1.02. The van der Waals surface area contributed by atoms with Gasteiger partial charge in [0.15, 0.2) is 0 Å². The maximum absolute atomic E-state index is 6.60. The van der Waals surface area contributed by atoms with Crippen LogP contribution in [0.4, 0.5) is 17.1 Å². The van der Waals surface area contributed by atoms with E-state index in [0.29, 0.717) is 0 Å². The van der Waals surface area contributed by atoms with Crippen LogP contribution in [0.15, 0.2) is 217 Å². The molecule has 0 saturated heterocycles. The molecule has 3 heteroatoms. The zero-order valence-electron chi connectivity index (χ0n) is 32.5. The molecule has 0 unspecified atom stereocenters. The lowest BCUT2D eigenvalue weighted by Crippen LogP contribution is -2.32. The van der Waals surface area contributed by atoms with Gasteiger partial charge in [-0.1, -0.05) is 164 Å². The van der Waals surface area contributed by atoms with E-state index in [2.05, 4.69) is 211 Å². The molecule has 0 amide bonds. The van der Waals surface area contributed by atoms with E-state index in [1.165, 1.54) is 49.7 Å². The molecule has 13 rings (SSSR count). The summed E-state index contributed by atoms with van der Waals surface area (Å²) in [6.07, 6.45) is 0. The topological polar surface area (TPSA) is 25.6 Å². The molecular weight excluding hydrogens is 731 g/mol. The van der Waals surface area contributed by atoms with Gasteiger partial charge in [-0.25, -0.2) is 0 Å². The molecule has 1 aliphatic carbocycles. The monoisotopic (exact) mass is 765 g/mol. The maximum Gasteiger partial charge on any atom is 0.143 e. The number of ether oxygens (including phenoxy) is 1. The minimum atomic E-state index is -0.516. The first kappa shape index (κ1) is 33.1. The molecule has 0 fully saturated rings. The number of rotatable bonds is 4. The lowest BCUT2D eigenvalue weighted by molar-refractivity contribution is 0.436. The van der Waals surface area contributed by atoms with E-state index in [-0.39, 0.29) is 0 Å². The minimum absolute atomic E-state index is 0.516. The summed E-state index contributed by atoms with van der Waals surface area (Å²) in [4.78, 5) is 2.42. The number of hydrogen-bond donors (Lipinski definition) is 0. The third-order valence-electron chi connectivity index (χ3n) is 12.9. The average molecular weight is 766 g/mol. The highest BCUT2D eigenvalue weighted by molar-refractivity contribution is 6.18. The van der Waals surface area contributed by atoms with Crippen molar-refractivity contribution in [2.75, 3.05) is 4.90 Å². The SMILES string of the molecule is c1ccc2c(c1)Oc1ccccc1C21c2ccccc2-c2c(-c3ccc(N(c4cccc5ccccc45)c4cccc5c4ccc4c6ccccc6oc54)cc3)cccc21. The number of fused-ring (bicyclic) bond motifs is 15. The van der Waals surface area contributed by atoms with Gasteiger partial charge in [0.25, 0.3) is 0 Å². The van der Waals surface area contributed by atoms with Crippen molar-refractivity contribution >= 4 is 60.5 Å². The van der Waals surface area contributed by atoms with Gasteiger partial charge in [0, 0.05) is 43.7 Å². The second kappa shape index (κ2) is 12.6. The van der Waals surface area contributed by atoms with Gasteiger partial charge in [-0.05, 0) is 87.3 Å². The molecule has 2 heterocycles. The van der Waals surface area contributed by atoms with Crippen LogP contribution in [0.5, 0.6) is 11.5 Å². The molecule has 0 bridgehead atoms. The normalized spacial score (nSPS) is 13.3. The van der Waals surface area contributed by atoms with Gasteiger partial charge in [0.05, 0.1) is 16.8 Å². The van der Waals surface area contributed by atoms with Gasteiger partial charge >= 0.3 is 0 Å². The van der Waals surface area contributed by atoms with Crippen molar-refractivity contribution in [2.45, 2.75) is 5.41 Å². The summed E-state index contributed by atoms with van der Waals surface area (Å²) in [5.74, 6) is 1.80. The van der Waals surface area contributed by atoms with Crippen LogP contribution in [0, 0.1) is 0 Å². The van der Waals surface area contributed by atoms with E-state index in [0.717, 1.165) is 66.8 Å². The van der Waals surface area contributed by atoms with Gasteiger partial charge in [0.2, 0.25) is 0 Å². The van der Waals surface area contributed by atoms with E-state index in [9.17, 15) is 0 Å².